The number of amides is 3. The first kappa shape index (κ1) is 21.0. The number of hydrogen-bond donors (Lipinski definition) is 1. The minimum absolute atomic E-state index is 0.0891. The van der Waals surface area contributed by atoms with E-state index in [9.17, 15) is 22.8 Å². The number of rotatable bonds is 5. The van der Waals surface area contributed by atoms with Gasteiger partial charge in [-0.15, -0.1) is 0 Å². The van der Waals surface area contributed by atoms with Crippen molar-refractivity contribution in [3.8, 4) is 5.75 Å². The SMILES string of the molecule is CC(=O)Nc1ccc(S(=O)(=O)Oc2ccccc2N2C(=O)C3CCCCC3C2=O)cc1. The van der Waals surface area contributed by atoms with E-state index in [1.54, 1.807) is 12.1 Å². The third kappa shape index (κ3) is 4.05. The number of carbonyl (C=O) groups is 3. The third-order valence-corrected chi connectivity index (χ3v) is 6.86. The number of nitrogens with one attached hydrogen (secondary N) is 1. The summed E-state index contributed by atoms with van der Waals surface area (Å²) in [5.41, 5.74) is 0.577. The van der Waals surface area contributed by atoms with Gasteiger partial charge in [0, 0.05) is 12.6 Å². The van der Waals surface area contributed by atoms with Crippen LogP contribution in [0.4, 0.5) is 11.4 Å². The van der Waals surface area contributed by atoms with Crippen LogP contribution >= 0.6 is 0 Å². The predicted octanol–water partition coefficient (Wildman–Crippen LogP) is 3.09. The number of imide groups is 1. The largest absolute Gasteiger partial charge is 0.377 e. The molecule has 1 saturated carbocycles. The van der Waals surface area contributed by atoms with Gasteiger partial charge in [-0.3, -0.25) is 14.4 Å². The maximum absolute atomic E-state index is 12.9. The highest BCUT2D eigenvalue weighted by Gasteiger charge is 2.49. The lowest BCUT2D eigenvalue weighted by Crippen LogP contribution is -2.31. The number of hydrogen-bond acceptors (Lipinski definition) is 6. The quantitative estimate of drug-likeness (QED) is 0.563. The van der Waals surface area contributed by atoms with Gasteiger partial charge in [0.2, 0.25) is 17.7 Å². The summed E-state index contributed by atoms with van der Waals surface area (Å²) >= 11 is 0. The van der Waals surface area contributed by atoms with E-state index in [1.807, 2.05) is 0 Å². The number of carbonyl (C=O) groups excluding carboxylic acids is 3. The molecule has 31 heavy (non-hydrogen) atoms. The summed E-state index contributed by atoms with van der Waals surface area (Å²) in [6, 6.07) is 11.6. The Hall–Kier alpha value is -3.20. The van der Waals surface area contributed by atoms with Crippen molar-refractivity contribution in [1.29, 1.82) is 0 Å². The zero-order chi connectivity index (χ0) is 22.2. The minimum atomic E-state index is -4.23. The van der Waals surface area contributed by atoms with Gasteiger partial charge in [0.15, 0.2) is 5.75 Å². The van der Waals surface area contributed by atoms with E-state index in [-0.39, 0.29) is 45.9 Å². The van der Waals surface area contributed by atoms with Gasteiger partial charge >= 0.3 is 10.1 Å². The maximum Gasteiger partial charge on any atom is 0.339 e. The molecule has 0 radical (unpaired) electrons. The maximum atomic E-state index is 12.9. The molecule has 1 heterocycles. The van der Waals surface area contributed by atoms with Crippen LogP contribution in [0.2, 0.25) is 0 Å². The van der Waals surface area contributed by atoms with Gasteiger partial charge in [0.05, 0.1) is 17.5 Å². The van der Waals surface area contributed by atoms with Crippen molar-refractivity contribution in [2.24, 2.45) is 11.8 Å². The average Bonchev–Trinajstić information content (AvgIpc) is 2.99. The number of nitrogens with zero attached hydrogens (tertiary/aromatic N) is 1. The first-order valence-corrected chi connectivity index (χ1v) is 11.5. The van der Waals surface area contributed by atoms with E-state index in [0.29, 0.717) is 18.5 Å². The molecule has 2 aromatic rings. The smallest absolute Gasteiger partial charge is 0.339 e. The molecular weight excluding hydrogens is 420 g/mol. The van der Waals surface area contributed by atoms with Crippen LogP contribution < -0.4 is 14.4 Å². The molecule has 1 aliphatic heterocycles. The lowest BCUT2D eigenvalue weighted by Gasteiger charge is -2.19. The summed E-state index contributed by atoms with van der Waals surface area (Å²) in [7, 11) is -4.23. The molecule has 1 aliphatic carbocycles. The van der Waals surface area contributed by atoms with E-state index in [1.165, 1.54) is 43.3 Å². The zero-order valence-electron chi connectivity index (χ0n) is 16.9. The molecule has 2 atom stereocenters. The Labute approximate surface area is 180 Å². The second-order valence-corrected chi connectivity index (χ2v) is 9.27. The third-order valence-electron chi connectivity index (χ3n) is 5.61. The van der Waals surface area contributed by atoms with Gasteiger partial charge in [0.25, 0.3) is 0 Å². The summed E-state index contributed by atoms with van der Waals surface area (Å²) in [5.74, 6) is -1.68. The molecule has 3 amide bonds. The van der Waals surface area contributed by atoms with Crippen molar-refractivity contribution in [3.63, 3.8) is 0 Å². The van der Waals surface area contributed by atoms with Crippen molar-refractivity contribution in [2.75, 3.05) is 10.2 Å². The fourth-order valence-corrected chi connectivity index (χ4v) is 5.13. The normalized spacial score (nSPS) is 21.0. The van der Waals surface area contributed by atoms with Gasteiger partial charge in [-0.25, -0.2) is 4.90 Å². The van der Waals surface area contributed by atoms with Crippen molar-refractivity contribution in [1.82, 2.24) is 0 Å². The molecule has 4 rings (SSSR count). The molecule has 8 nitrogen and oxygen atoms in total. The average molecular weight is 442 g/mol. The molecule has 0 aromatic heterocycles. The van der Waals surface area contributed by atoms with Crippen molar-refractivity contribution in [2.45, 2.75) is 37.5 Å². The highest BCUT2D eigenvalue weighted by atomic mass is 32.2. The van der Waals surface area contributed by atoms with Crippen molar-refractivity contribution >= 4 is 39.2 Å². The number of para-hydroxylation sites is 2. The highest BCUT2D eigenvalue weighted by molar-refractivity contribution is 7.87. The highest BCUT2D eigenvalue weighted by Crippen LogP contribution is 2.42. The molecule has 162 valence electrons. The van der Waals surface area contributed by atoms with Crippen LogP contribution in [0.3, 0.4) is 0 Å². The Kier molecular flexibility index (Phi) is 5.53. The molecule has 2 aliphatic rings. The molecule has 0 spiro atoms. The lowest BCUT2D eigenvalue weighted by atomic mass is 9.81. The summed E-state index contributed by atoms with van der Waals surface area (Å²) in [6.45, 7) is 1.35. The lowest BCUT2D eigenvalue weighted by molar-refractivity contribution is -0.122. The van der Waals surface area contributed by atoms with Gasteiger partial charge in [-0.05, 0) is 49.2 Å². The second-order valence-electron chi connectivity index (χ2n) is 7.72. The topological polar surface area (TPSA) is 110 Å². The first-order valence-electron chi connectivity index (χ1n) is 10.1. The molecule has 0 bridgehead atoms. The van der Waals surface area contributed by atoms with Crippen LogP contribution in [0.25, 0.3) is 0 Å². The molecule has 2 aromatic carbocycles. The molecule has 2 unspecified atom stereocenters. The van der Waals surface area contributed by atoms with E-state index < -0.39 is 10.1 Å². The van der Waals surface area contributed by atoms with E-state index >= 15 is 0 Å². The summed E-state index contributed by atoms with van der Waals surface area (Å²) in [6.07, 6.45) is 3.12. The fourth-order valence-electron chi connectivity index (χ4n) is 4.19. The number of anilines is 2. The Morgan fingerprint density at radius 2 is 1.55 bits per heavy atom. The Balaban J connectivity index is 1.62. The molecular formula is C22H22N2O6S. The monoisotopic (exact) mass is 442 g/mol. The predicted molar refractivity (Wildman–Crippen MR) is 113 cm³/mol. The molecule has 1 N–H and O–H groups in total. The van der Waals surface area contributed by atoms with Crippen molar-refractivity contribution in [3.05, 3.63) is 48.5 Å². The number of benzene rings is 2. The van der Waals surface area contributed by atoms with Gasteiger partial charge in [0.1, 0.15) is 4.90 Å². The molecule has 1 saturated heterocycles. The first-order chi connectivity index (χ1) is 14.8. The second kappa shape index (κ2) is 8.14. The standard InChI is InChI=1S/C22H22N2O6S/c1-14(25)23-15-10-12-16(13-11-15)31(28,29)30-20-9-5-4-8-19(20)24-21(26)17-6-2-3-7-18(17)22(24)27/h4-5,8-13,17-18H,2-3,6-7H2,1H3,(H,23,25). The Morgan fingerprint density at radius 3 is 2.13 bits per heavy atom. The van der Waals surface area contributed by atoms with E-state index in [0.717, 1.165) is 17.7 Å². The minimum Gasteiger partial charge on any atom is -0.377 e. The van der Waals surface area contributed by atoms with Crippen molar-refractivity contribution < 1.29 is 27.0 Å². The van der Waals surface area contributed by atoms with Crippen LogP contribution in [0.5, 0.6) is 5.75 Å². The van der Waals surface area contributed by atoms with Gasteiger partial charge in [-0.2, -0.15) is 8.42 Å². The molecule has 9 heteroatoms. The Bertz CT molecular complexity index is 1120. The van der Waals surface area contributed by atoms with Crippen LogP contribution in [-0.2, 0) is 24.5 Å². The van der Waals surface area contributed by atoms with Gasteiger partial charge < -0.3 is 9.50 Å². The molecule has 2 fully saturated rings. The summed E-state index contributed by atoms with van der Waals surface area (Å²) in [5, 5.41) is 2.56. The van der Waals surface area contributed by atoms with Crippen LogP contribution in [0.15, 0.2) is 53.4 Å². The Morgan fingerprint density at radius 1 is 0.968 bits per heavy atom. The van der Waals surface area contributed by atoms with Crippen LogP contribution in [-0.4, -0.2) is 26.1 Å². The summed E-state index contributed by atoms with van der Waals surface area (Å²) in [4.78, 5) is 37.9. The van der Waals surface area contributed by atoms with Gasteiger partial charge in [-0.1, -0.05) is 25.0 Å². The summed E-state index contributed by atoms with van der Waals surface area (Å²) < 4.78 is 31.0. The zero-order valence-corrected chi connectivity index (χ0v) is 17.7. The van der Waals surface area contributed by atoms with Crippen LogP contribution in [0, 0.1) is 11.8 Å². The fraction of sp³-hybridized carbons (Fsp3) is 0.318. The van der Waals surface area contributed by atoms with Crippen LogP contribution in [0.1, 0.15) is 32.6 Å². The number of fused-ring (bicyclic) bond motifs is 1. The van der Waals surface area contributed by atoms with E-state index in [4.69, 9.17) is 4.18 Å². The van der Waals surface area contributed by atoms with E-state index in [2.05, 4.69) is 5.32 Å².